The zero-order valence-electron chi connectivity index (χ0n) is 8.40. The van der Waals surface area contributed by atoms with Crippen LogP contribution >= 0.6 is 0 Å². The van der Waals surface area contributed by atoms with Gasteiger partial charge in [0.05, 0.1) is 5.56 Å². The van der Waals surface area contributed by atoms with Crippen LogP contribution in [0.3, 0.4) is 0 Å². The second-order valence-electron chi connectivity index (χ2n) is 3.68. The molecule has 0 unspecified atom stereocenters. The van der Waals surface area contributed by atoms with Crippen molar-refractivity contribution in [3.63, 3.8) is 0 Å². The second-order valence-corrected chi connectivity index (χ2v) is 3.68. The van der Waals surface area contributed by atoms with Crippen LogP contribution in [0.25, 0.3) is 0 Å². The third kappa shape index (κ3) is 2.85. The van der Waals surface area contributed by atoms with E-state index in [1.807, 2.05) is 6.07 Å². The predicted octanol–water partition coefficient (Wildman–Crippen LogP) is 2.64. The van der Waals surface area contributed by atoms with Crippen LogP contribution in [0.4, 0.5) is 0 Å². The van der Waals surface area contributed by atoms with E-state index >= 15 is 0 Å². The van der Waals surface area contributed by atoms with E-state index in [-0.39, 0.29) is 0 Å². The molecule has 0 saturated heterocycles. The lowest BCUT2D eigenvalue weighted by Crippen LogP contribution is -1.89. The van der Waals surface area contributed by atoms with Crippen molar-refractivity contribution in [1.82, 2.24) is 0 Å². The molecule has 0 spiro atoms. The van der Waals surface area contributed by atoms with Gasteiger partial charge in [0.15, 0.2) is 12.0 Å². The topological polar surface area (TPSA) is 26.3 Å². The molecule has 0 amide bonds. The van der Waals surface area contributed by atoms with Crippen LogP contribution in [0, 0.1) is 17.9 Å². The van der Waals surface area contributed by atoms with Gasteiger partial charge < -0.3 is 4.74 Å². The van der Waals surface area contributed by atoms with Crippen molar-refractivity contribution in [2.45, 2.75) is 19.3 Å². The first-order chi connectivity index (χ1) is 7.40. The van der Waals surface area contributed by atoms with E-state index in [2.05, 4.69) is 12.0 Å². The Bertz CT molecular complexity index is 408. The Morgan fingerprint density at radius 2 is 2.20 bits per heavy atom. The number of benzene rings is 1. The van der Waals surface area contributed by atoms with E-state index in [0.717, 1.165) is 18.6 Å². The first-order valence-corrected chi connectivity index (χ1v) is 5.09. The van der Waals surface area contributed by atoms with Crippen molar-refractivity contribution in [3.8, 4) is 17.8 Å². The highest BCUT2D eigenvalue weighted by Gasteiger charge is 2.19. The quantitative estimate of drug-likeness (QED) is 0.554. The first-order valence-electron chi connectivity index (χ1n) is 5.09. The summed E-state index contributed by atoms with van der Waals surface area (Å²) in [7, 11) is 0. The maximum Gasteiger partial charge on any atom is 0.153 e. The molecule has 0 radical (unpaired) electrons. The number of hydrogen-bond donors (Lipinski definition) is 0. The molecule has 0 N–H and O–H groups in total. The zero-order valence-corrected chi connectivity index (χ0v) is 8.40. The number of carbonyl (C=O) groups excluding carboxylic acids is 1. The summed E-state index contributed by atoms with van der Waals surface area (Å²) in [5.74, 6) is 4.28. The van der Waals surface area contributed by atoms with Gasteiger partial charge in [-0.05, 0) is 30.9 Å². The van der Waals surface area contributed by atoms with Crippen LogP contribution in [-0.2, 0) is 0 Å². The Balaban J connectivity index is 1.95. The summed E-state index contributed by atoms with van der Waals surface area (Å²) < 4.78 is 5.21. The minimum atomic E-state index is 0.538. The third-order valence-corrected chi connectivity index (χ3v) is 2.37. The van der Waals surface area contributed by atoms with Gasteiger partial charge in [0.25, 0.3) is 0 Å². The molecule has 76 valence electrons. The van der Waals surface area contributed by atoms with Gasteiger partial charge in [-0.25, -0.2) is 0 Å². The van der Waals surface area contributed by atoms with Crippen LogP contribution in [0.1, 0.15) is 29.6 Å². The molecule has 0 aliphatic heterocycles. The summed E-state index contributed by atoms with van der Waals surface area (Å²) in [5.41, 5.74) is 0.540. The van der Waals surface area contributed by atoms with E-state index in [1.54, 1.807) is 18.2 Å². The number of aldehydes is 1. The van der Waals surface area contributed by atoms with Gasteiger partial charge >= 0.3 is 0 Å². The molecule has 2 heteroatoms. The van der Waals surface area contributed by atoms with E-state index in [0.29, 0.717) is 11.3 Å². The highest BCUT2D eigenvalue weighted by molar-refractivity contribution is 5.79. The fraction of sp³-hybridized carbons (Fsp3) is 0.308. The number of hydrogen-bond acceptors (Lipinski definition) is 2. The fourth-order valence-corrected chi connectivity index (χ4v) is 1.27. The van der Waals surface area contributed by atoms with Crippen LogP contribution in [0.2, 0.25) is 0 Å². The van der Waals surface area contributed by atoms with Crippen LogP contribution in [0.5, 0.6) is 5.75 Å². The Labute approximate surface area is 89.3 Å². The third-order valence-electron chi connectivity index (χ3n) is 2.37. The van der Waals surface area contributed by atoms with Crippen LogP contribution in [-0.4, -0.2) is 6.29 Å². The molecule has 1 aliphatic rings. The predicted molar refractivity (Wildman–Crippen MR) is 57.6 cm³/mol. The van der Waals surface area contributed by atoms with Crippen LogP contribution < -0.4 is 4.74 Å². The molecule has 0 aromatic heterocycles. The number of rotatable bonds is 3. The fourth-order valence-electron chi connectivity index (χ4n) is 1.27. The summed E-state index contributed by atoms with van der Waals surface area (Å²) in [4.78, 5) is 10.7. The van der Waals surface area contributed by atoms with Crippen molar-refractivity contribution in [3.05, 3.63) is 29.8 Å². The average Bonchev–Trinajstić information content (AvgIpc) is 3.09. The molecule has 2 rings (SSSR count). The average molecular weight is 200 g/mol. The Hall–Kier alpha value is -1.75. The second kappa shape index (κ2) is 4.65. The number of carbonyl (C=O) groups is 1. The number of ether oxygens (including phenoxy) is 1. The van der Waals surface area contributed by atoms with Gasteiger partial charge in [0.2, 0.25) is 0 Å². The highest BCUT2D eigenvalue weighted by Crippen LogP contribution is 2.31. The summed E-state index contributed by atoms with van der Waals surface area (Å²) in [6.45, 7) is 0. The van der Waals surface area contributed by atoms with Gasteiger partial charge in [-0.15, -0.1) is 0 Å². The monoisotopic (exact) mass is 200 g/mol. The molecule has 2 nitrogen and oxygen atoms in total. The van der Waals surface area contributed by atoms with Crippen molar-refractivity contribution >= 4 is 6.29 Å². The molecule has 0 bridgehead atoms. The largest absolute Gasteiger partial charge is 0.407 e. The Morgan fingerprint density at radius 1 is 1.40 bits per heavy atom. The molecule has 1 fully saturated rings. The lowest BCUT2D eigenvalue weighted by molar-refractivity contribution is 0.112. The minimum Gasteiger partial charge on any atom is -0.407 e. The summed E-state index contributed by atoms with van der Waals surface area (Å²) >= 11 is 0. The maximum absolute atomic E-state index is 10.7. The molecular weight excluding hydrogens is 188 g/mol. The smallest absolute Gasteiger partial charge is 0.153 e. The molecule has 1 aliphatic carbocycles. The molecule has 15 heavy (non-hydrogen) atoms. The van der Waals surface area contributed by atoms with E-state index < -0.39 is 0 Å². The molecule has 0 heterocycles. The lowest BCUT2D eigenvalue weighted by atomic mass is 10.2. The van der Waals surface area contributed by atoms with Crippen LogP contribution in [0.15, 0.2) is 24.3 Å². The SMILES string of the molecule is O=Cc1ccccc1OC#CCC1CC1. The molecule has 1 aromatic rings. The highest BCUT2D eigenvalue weighted by atomic mass is 16.5. The lowest BCUT2D eigenvalue weighted by Gasteiger charge is -1.98. The molecule has 0 atom stereocenters. The van der Waals surface area contributed by atoms with Crippen molar-refractivity contribution in [2.24, 2.45) is 5.92 Å². The van der Waals surface area contributed by atoms with Gasteiger partial charge in [0.1, 0.15) is 6.11 Å². The number of para-hydroxylation sites is 1. The van der Waals surface area contributed by atoms with E-state index in [4.69, 9.17) is 4.74 Å². The minimum absolute atomic E-state index is 0.538. The normalized spacial score (nSPS) is 13.9. The summed E-state index contributed by atoms with van der Waals surface area (Å²) in [6, 6.07) is 7.08. The Kier molecular flexibility index (Phi) is 3.04. The van der Waals surface area contributed by atoms with Crippen molar-refractivity contribution in [2.75, 3.05) is 0 Å². The van der Waals surface area contributed by atoms with Gasteiger partial charge in [-0.2, -0.15) is 0 Å². The zero-order chi connectivity index (χ0) is 10.5. The molecular formula is C13H12O2. The Morgan fingerprint density at radius 3 is 2.93 bits per heavy atom. The molecule has 1 saturated carbocycles. The van der Waals surface area contributed by atoms with Gasteiger partial charge in [-0.1, -0.05) is 18.1 Å². The standard InChI is InChI=1S/C13H12O2/c14-10-12-5-1-2-6-13(12)15-9-3-4-11-7-8-11/h1-2,5-6,10-11H,4,7-8H2. The van der Waals surface area contributed by atoms with Gasteiger partial charge in [-0.3, -0.25) is 4.79 Å². The maximum atomic E-state index is 10.7. The molecule has 1 aromatic carbocycles. The summed E-state index contributed by atoms with van der Waals surface area (Å²) in [6.07, 6.45) is 6.90. The van der Waals surface area contributed by atoms with Crippen molar-refractivity contribution < 1.29 is 9.53 Å². The van der Waals surface area contributed by atoms with E-state index in [9.17, 15) is 4.79 Å². The first kappa shape index (κ1) is 9.79. The van der Waals surface area contributed by atoms with E-state index in [1.165, 1.54) is 12.8 Å². The van der Waals surface area contributed by atoms with Gasteiger partial charge in [0, 0.05) is 6.42 Å². The summed E-state index contributed by atoms with van der Waals surface area (Å²) in [5, 5.41) is 0. The van der Waals surface area contributed by atoms with Crippen molar-refractivity contribution in [1.29, 1.82) is 0 Å².